The Hall–Kier alpha value is -4.19. The Balaban J connectivity index is 1.61. The molecule has 240 valence electrons. The third kappa shape index (κ3) is 6.20. The minimum absolute atomic E-state index is 0.0898. The van der Waals surface area contributed by atoms with E-state index in [4.69, 9.17) is 14.2 Å². The number of carbonyl (C=O) groups excluding carboxylic acids is 2. The van der Waals surface area contributed by atoms with Crippen LogP contribution in [0.15, 0.2) is 29.1 Å². The Bertz CT molecular complexity index is 1690. The minimum atomic E-state index is -0.693. The summed E-state index contributed by atoms with van der Waals surface area (Å²) in [5, 5.41) is 14.0. The van der Waals surface area contributed by atoms with E-state index in [1.807, 2.05) is 33.0 Å². The standard InChI is InChI=1S/C33H41N5O6S/c1-8-17(2)29(33(41)36-32-22-15-45-16-25(22)37-38(32)4)35-24-12-10-20-21(14-26(24)40)23(34-18(3)39)11-9-19-13-27(42-5)30(43-6)31(44-7)28(19)20/h10,12-14,17,23,29H,8-9,11,15-16H2,1-7H3,(H,34,39)(H,35,40)(H,36,41). The van der Waals surface area contributed by atoms with Crippen LogP contribution in [0.1, 0.15) is 62.0 Å². The van der Waals surface area contributed by atoms with Crippen molar-refractivity contribution in [3.63, 3.8) is 0 Å². The van der Waals surface area contributed by atoms with Gasteiger partial charge in [0.25, 0.3) is 0 Å². The van der Waals surface area contributed by atoms with Crippen LogP contribution in [0, 0.1) is 5.92 Å². The van der Waals surface area contributed by atoms with Gasteiger partial charge in [-0.05, 0) is 53.6 Å². The molecule has 1 aromatic heterocycles. The summed E-state index contributed by atoms with van der Waals surface area (Å²) in [6.45, 7) is 5.46. The van der Waals surface area contributed by atoms with E-state index in [0.717, 1.165) is 39.5 Å². The van der Waals surface area contributed by atoms with Crippen molar-refractivity contribution >= 4 is 35.1 Å². The SMILES string of the molecule is CCC(C)C(Nc1ccc2c(cc1=O)C(NC(C)=O)CCc1cc(OC)c(OC)c(OC)c1-2)C(=O)Nc1c2c(nn1C)CSC2. The number of carbonyl (C=O) groups is 2. The van der Waals surface area contributed by atoms with Gasteiger partial charge in [0.15, 0.2) is 11.5 Å². The van der Waals surface area contributed by atoms with E-state index in [9.17, 15) is 14.4 Å². The fourth-order valence-corrected chi connectivity index (χ4v) is 7.22. The molecule has 3 atom stereocenters. The highest BCUT2D eigenvalue weighted by Crippen LogP contribution is 2.50. The molecule has 45 heavy (non-hydrogen) atoms. The highest BCUT2D eigenvalue weighted by Gasteiger charge is 2.31. The van der Waals surface area contributed by atoms with Gasteiger partial charge in [-0.15, -0.1) is 0 Å². The maximum absolute atomic E-state index is 13.9. The van der Waals surface area contributed by atoms with E-state index in [2.05, 4.69) is 21.0 Å². The van der Waals surface area contributed by atoms with Gasteiger partial charge in [0.2, 0.25) is 23.0 Å². The van der Waals surface area contributed by atoms with Crippen LogP contribution in [-0.2, 0) is 34.6 Å². The molecule has 0 saturated heterocycles. The Morgan fingerprint density at radius 3 is 2.53 bits per heavy atom. The number of fused-ring (bicyclic) bond motifs is 4. The van der Waals surface area contributed by atoms with Crippen LogP contribution in [0.3, 0.4) is 0 Å². The second-order valence-corrected chi connectivity index (χ2v) is 12.5. The lowest BCUT2D eigenvalue weighted by Gasteiger charge is -2.24. The van der Waals surface area contributed by atoms with Crippen LogP contribution in [0.25, 0.3) is 11.1 Å². The van der Waals surface area contributed by atoms with Crippen LogP contribution >= 0.6 is 11.8 Å². The zero-order chi connectivity index (χ0) is 32.4. The van der Waals surface area contributed by atoms with Crippen molar-refractivity contribution < 1.29 is 23.8 Å². The lowest BCUT2D eigenvalue weighted by molar-refractivity contribution is -0.120. The van der Waals surface area contributed by atoms with Crippen LogP contribution in [-0.4, -0.2) is 49.0 Å². The quantitative estimate of drug-likeness (QED) is 0.287. The third-order valence-electron chi connectivity index (χ3n) is 8.68. The summed E-state index contributed by atoms with van der Waals surface area (Å²) in [7, 11) is 6.51. The fraction of sp³-hybridized carbons (Fsp3) is 0.455. The summed E-state index contributed by atoms with van der Waals surface area (Å²) < 4.78 is 18.9. The normalized spacial score (nSPS) is 16.3. The van der Waals surface area contributed by atoms with E-state index in [0.29, 0.717) is 47.9 Å². The van der Waals surface area contributed by atoms with Crippen molar-refractivity contribution in [3.05, 3.63) is 56.9 Å². The third-order valence-corrected chi connectivity index (χ3v) is 9.65. The maximum Gasteiger partial charge on any atom is 0.248 e. The molecule has 1 aliphatic carbocycles. The molecule has 0 saturated carbocycles. The summed E-state index contributed by atoms with van der Waals surface area (Å²) in [6.07, 6.45) is 1.86. The predicted octanol–water partition coefficient (Wildman–Crippen LogP) is 4.81. The van der Waals surface area contributed by atoms with E-state index in [1.165, 1.54) is 6.92 Å². The molecule has 0 bridgehead atoms. The minimum Gasteiger partial charge on any atom is -0.493 e. The first-order chi connectivity index (χ1) is 21.6. The number of methoxy groups -OCH3 is 3. The zero-order valence-electron chi connectivity index (χ0n) is 26.8. The molecule has 0 radical (unpaired) electrons. The van der Waals surface area contributed by atoms with Gasteiger partial charge < -0.3 is 30.2 Å². The average Bonchev–Trinajstić information content (AvgIpc) is 3.50. The first kappa shape index (κ1) is 32.2. The molecule has 12 heteroatoms. The molecule has 0 fully saturated rings. The monoisotopic (exact) mass is 635 g/mol. The average molecular weight is 636 g/mol. The Morgan fingerprint density at radius 1 is 1.11 bits per heavy atom. The molecule has 11 nitrogen and oxygen atoms in total. The summed E-state index contributed by atoms with van der Waals surface area (Å²) in [5.41, 5.74) is 5.08. The first-order valence-electron chi connectivity index (χ1n) is 15.1. The molecule has 3 unspecified atom stereocenters. The molecular formula is C33H41N5O6S. The lowest BCUT2D eigenvalue weighted by Crippen LogP contribution is -2.41. The highest BCUT2D eigenvalue weighted by molar-refractivity contribution is 7.98. The molecule has 2 aliphatic rings. The molecular weight excluding hydrogens is 594 g/mol. The Labute approximate surface area is 267 Å². The van der Waals surface area contributed by atoms with Crippen LogP contribution < -0.4 is 35.6 Å². The van der Waals surface area contributed by atoms with Crippen molar-refractivity contribution in [3.8, 4) is 28.4 Å². The topological polar surface area (TPSA) is 133 Å². The number of benzene rings is 1. The van der Waals surface area contributed by atoms with Gasteiger partial charge in [-0.3, -0.25) is 19.1 Å². The van der Waals surface area contributed by atoms with Crippen molar-refractivity contribution in [1.29, 1.82) is 0 Å². The zero-order valence-corrected chi connectivity index (χ0v) is 27.6. The van der Waals surface area contributed by atoms with E-state index < -0.39 is 12.1 Å². The Kier molecular flexibility index (Phi) is 9.62. The van der Waals surface area contributed by atoms with Crippen molar-refractivity contribution in [2.24, 2.45) is 13.0 Å². The molecule has 5 rings (SSSR count). The largest absolute Gasteiger partial charge is 0.493 e. The number of ether oxygens (including phenoxy) is 3. The van der Waals surface area contributed by atoms with Crippen LogP contribution in [0.4, 0.5) is 11.5 Å². The van der Waals surface area contributed by atoms with Gasteiger partial charge in [0.05, 0.1) is 38.8 Å². The number of amides is 2. The first-order valence-corrected chi connectivity index (χ1v) is 16.2. The van der Waals surface area contributed by atoms with E-state index >= 15 is 0 Å². The second kappa shape index (κ2) is 13.4. The van der Waals surface area contributed by atoms with Crippen LogP contribution in [0.5, 0.6) is 17.2 Å². The second-order valence-electron chi connectivity index (χ2n) is 11.5. The molecule has 0 spiro atoms. The van der Waals surface area contributed by atoms with Crippen molar-refractivity contribution in [2.75, 3.05) is 32.0 Å². The van der Waals surface area contributed by atoms with E-state index in [1.54, 1.807) is 49.9 Å². The summed E-state index contributed by atoms with van der Waals surface area (Å²) >= 11 is 1.77. The van der Waals surface area contributed by atoms with Gasteiger partial charge in [-0.25, -0.2) is 0 Å². The summed E-state index contributed by atoms with van der Waals surface area (Å²) in [6, 6.07) is 5.90. The number of hydrogen-bond acceptors (Lipinski definition) is 9. The van der Waals surface area contributed by atoms with Gasteiger partial charge in [-0.2, -0.15) is 16.9 Å². The van der Waals surface area contributed by atoms with Crippen molar-refractivity contribution in [2.45, 2.75) is 63.6 Å². The van der Waals surface area contributed by atoms with Crippen LogP contribution in [0.2, 0.25) is 0 Å². The highest BCUT2D eigenvalue weighted by atomic mass is 32.2. The number of hydrogen-bond donors (Lipinski definition) is 3. The number of nitrogens with one attached hydrogen (secondary N) is 3. The molecule has 2 aromatic carbocycles. The smallest absolute Gasteiger partial charge is 0.248 e. The molecule has 1 aliphatic heterocycles. The lowest BCUT2D eigenvalue weighted by atomic mass is 9.95. The number of thioether (sulfide) groups is 1. The van der Waals surface area contributed by atoms with Gasteiger partial charge in [-0.1, -0.05) is 26.3 Å². The van der Waals surface area contributed by atoms with Gasteiger partial charge in [0.1, 0.15) is 11.9 Å². The summed E-state index contributed by atoms with van der Waals surface area (Å²) in [5.74, 6) is 3.21. The fourth-order valence-electron chi connectivity index (χ4n) is 6.19. The van der Waals surface area contributed by atoms with Gasteiger partial charge >= 0.3 is 0 Å². The van der Waals surface area contributed by atoms with Gasteiger partial charge in [0, 0.05) is 36.6 Å². The molecule has 3 N–H and O–H groups in total. The van der Waals surface area contributed by atoms with Crippen molar-refractivity contribution in [1.82, 2.24) is 15.1 Å². The number of nitrogens with zero attached hydrogens (tertiary/aromatic N) is 2. The number of aryl methyl sites for hydroxylation is 2. The summed E-state index contributed by atoms with van der Waals surface area (Å²) in [4.78, 5) is 40.0. The number of aromatic nitrogens is 2. The number of rotatable bonds is 10. The molecule has 3 aromatic rings. The maximum atomic E-state index is 13.9. The predicted molar refractivity (Wildman–Crippen MR) is 176 cm³/mol. The Morgan fingerprint density at radius 2 is 1.87 bits per heavy atom. The molecule has 2 amide bonds. The number of anilines is 2. The van der Waals surface area contributed by atoms with E-state index in [-0.39, 0.29) is 28.8 Å². The molecule has 2 heterocycles.